The fourth-order valence-electron chi connectivity index (χ4n) is 1.73. The molecule has 0 spiro atoms. The van der Waals surface area contributed by atoms with Gasteiger partial charge in [0.25, 0.3) is 0 Å². The lowest BCUT2D eigenvalue weighted by atomic mass is 10.2. The zero-order valence-electron chi connectivity index (χ0n) is 10.5. The Bertz CT molecular complexity index is 633. The number of hydrazine groups is 1. The Kier molecular flexibility index (Phi) is 4.88. The van der Waals surface area contributed by atoms with Gasteiger partial charge in [0.15, 0.2) is 0 Å². The van der Waals surface area contributed by atoms with Gasteiger partial charge in [0.05, 0.1) is 20.8 Å². The summed E-state index contributed by atoms with van der Waals surface area (Å²) in [5.41, 5.74) is 3.99. The summed E-state index contributed by atoms with van der Waals surface area (Å²) in [7, 11) is 0. The van der Waals surface area contributed by atoms with E-state index in [2.05, 4.69) is 20.7 Å². The lowest BCUT2D eigenvalue weighted by molar-refractivity contribution is 1.04. The largest absolute Gasteiger partial charge is 0.339 e. The topological polar surface area (TPSA) is 75.9 Å². The van der Waals surface area contributed by atoms with Crippen LogP contribution in [0.4, 0.5) is 17.3 Å². The number of anilines is 3. The zero-order chi connectivity index (χ0) is 14.7. The second-order valence-electron chi connectivity index (χ2n) is 3.92. The standard InChI is InChI=1S/C12H12Cl3N5/c1-2-6-11(17-5-18-12(6)20-16)19-10-4-8(14)7(13)3-9(10)15/h3-5H,2,16H2,1H3,(H2,17,18,19,20). The smallest absolute Gasteiger partial charge is 0.148 e. The maximum absolute atomic E-state index is 6.13. The number of benzene rings is 1. The fraction of sp³-hybridized carbons (Fsp3) is 0.167. The molecule has 0 bridgehead atoms. The summed E-state index contributed by atoms with van der Waals surface area (Å²) in [6, 6.07) is 3.21. The molecule has 0 aliphatic carbocycles. The van der Waals surface area contributed by atoms with E-state index in [4.69, 9.17) is 40.6 Å². The van der Waals surface area contributed by atoms with Gasteiger partial charge in [-0.2, -0.15) is 0 Å². The molecule has 5 nitrogen and oxygen atoms in total. The van der Waals surface area contributed by atoms with Crippen LogP contribution in [0.1, 0.15) is 12.5 Å². The summed E-state index contributed by atoms with van der Waals surface area (Å²) < 4.78 is 0. The van der Waals surface area contributed by atoms with Crippen LogP contribution in [-0.2, 0) is 6.42 Å². The molecule has 1 heterocycles. The minimum Gasteiger partial charge on any atom is -0.339 e. The number of nitrogens with one attached hydrogen (secondary N) is 2. The Labute approximate surface area is 131 Å². The summed E-state index contributed by atoms with van der Waals surface area (Å²) in [4.78, 5) is 8.25. The van der Waals surface area contributed by atoms with Crippen molar-refractivity contribution in [3.05, 3.63) is 39.1 Å². The summed E-state index contributed by atoms with van der Waals surface area (Å²) in [5.74, 6) is 6.59. The third-order valence-electron chi connectivity index (χ3n) is 2.70. The highest BCUT2D eigenvalue weighted by atomic mass is 35.5. The van der Waals surface area contributed by atoms with Crippen molar-refractivity contribution in [3.8, 4) is 0 Å². The maximum atomic E-state index is 6.13. The number of hydrogen-bond acceptors (Lipinski definition) is 5. The van der Waals surface area contributed by atoms with Crippen LogP contribution in [0.15, 0.2) is 18.5 Å². The first-order valence-electron chi connectivity index (χ1n) is 5.78. The van der Waals surface area contributed by atoms with Crippen molar-refractivity contribution in [1.82, 2.24) is 9.97 Å². The minimum absolute atomic E-state index is 0.393. The van der Waals surface area contributed by atoms with Gasteiger partial charge in [0.2, 0.25) is 0 Å². The van der Waals surface area contributed by atoms with Crippen LogP contribution in [0, 0.1) is 0 Å². The fourth-order valence-corrected chi connectivity index (χ4v) is 2.32. The maximum Gasteiger partial charge on any atom is 0.148 e. The third kappa shape index (κ3) is 3.07. The predicted octanol–water partition coefficient (Wildman–Crippen LogP) is 4.03. The Morgan fingerprint density at radius 3 is 2.35 bits per heavy atom. The molecule has 8 heteroatoms. The van der Waals surface area contributed by atoms with E-state index in [0.717, 1.165) is 5.56 Å². The van der Waals surface area contributed by atoms with E-state index in [1.807, 2.05) is 6.92 Å². The number of aromatic nitrogens is 2. The summed E-state index contributed by atoms with van der Waals surface area (Å²) in [6.45, 7) is 1.97. The Morgan fingerprint density at radius 1 is 1.05 bits per heavy atom. The van der Waals surface area contributed by atoms with E-state index in [1.165, 1.54) is 6.33 Å². The Morgan fingerprint density at radius 2 is 1.70 bits per heavy atom. The molecule has 0 amide bonds. The van der Waals surface area contributed by atoms with Gasteiger partial charge in [-0.3, -0.25) is 0 Å². The van der Waals surface area contributed by atoms with Crippen molar-refractivity contribution in [1.29, 1.82) is 0 Å². The summed E-state index contributed by atoms with van der Waals surface area (Å²) in [5, 5.41) is 4.36. The molecule has 106 valence electrons. The van der Waals surface area contributed by atoms with E-state index in [9.17, 15) is 0 Å². The lowest BCUT2D eigenvalue weighted by Gasteiger charge is -2.14. The highest BCUT2D eigenvalue weighted by molar-refractivity contribution is 6.44. The van der Waals surface area contributed by atoms with Crippen molar-refractivity contribution >= 4 is 52.1 Å². The van der Waals surface area contributed by atoms with E-state index < -0.39 is 0 Å². The van der Waals surface area contributed by atoms with Crippen molar-refractivity contribution in [2.45, 2.75) is 13.3 Å². The van der Waals surface area contributed by atoms with Gasteiger partial charge >= 0.3 is 0 Å². The van der Waals surface area contributed by atoms with E-state index in [1.54, 1.807) is 12.1 Å². The van der Waals surface area contributed by atoms with E-state index >= 15 is 0 Å². The Hall–Kier alpha value is -1.27. The molecule has 1 aromatic heterocycles. The summed E-state index contributed by atoms with van der Waals surface area (Å²) >= 11 is 18.0. The molecule has 0 aliphatic heterocycles. The van der Waals surface area contributed by atoms with Crippen molar-refractivity contribution in [2.75, 3.05) is 10.7 Å². The van der Waals surface area contributed by atoms with Crippen molar-refractivity contribution in [3.63, 3.8) is 0 Å². The number of hydrogen-bond donors (Lipinski definition) is 3. The molecule has 0 saturated heterocycles. The SMILES string of the molecule is CCc1c(NN)ncnc1Nc1cc(Cl)c(Cl)cc1Cl. The van der Waals surface area contributed by atoms with E-state index in [-0.39, 0.29) is 0 Å². The van der Waals surface area contributed by atoms with Crippen molar-refractivity contribution < 1.29 is 0 Å². The molecule has 0 radical (unpaired) electrons. The number of nitrogens with two attached hydrogens (primary N) is 1. The molecule has 2 aromatic rings. The van der Waals surface area contributed by atoms with Crippen LogP contribution in [-0.4, -0.2) is 9.97 Å². The van der Waals surface area contributed by atoms with Crippen LogP contribution < -0.4 is 16.6 Å². The average molecular weight is 333 g/mol. The van der Waals surface area contributed by atoms with E-state index in [0.29, 0.717) is 38.8 Å². The molecule has 2 rings (SSSR count). The average Bonchev–Trinajstić information content (AvgIpc) is 2.44. The van der Waals surface area contributed by atoms with Crippen LogP contribution in [0.5, 0.6) is 0 Å². The molecule has 0 unspecified atom stereocenters. The van der Waals surface area contributed by atoms with Gasteiger partial charge in [-0.15, -0.1) is 0 Å². The Balaban J connectivity index is 2.42. The highest BCUT2D eigenvalue weighted by Crippen LogP contribution is 2.34. The second kappa shape index (κ2) is 6.45. The first kappa shape index (κ1) is 15.1. The van der Waals surface area contributed by atoms with Gasteiger partial charge in [-0.05, 0) is 18.6 Å². The van der Waals surface area contributed by atoms with Gasteiger partial charge in [-0.25, -0.2) is 15.8 Å². The first-order chi connectivity index (χ1) is 9.56. The number of rotatable bonds is 4. The normalized spacial score (nSPS) is 10.4. The molecule has 20 heavy (non-hydrogen) atoms. The molecule has 0 aliphatic rings. The monoisotopic (exact) mass is 331 g/mol. The van der Waals surface area contributed by atoms with Crippen LogP contribution in [0.3, 0.4) is 0 Å². The summed E-state index contributed by atoms with van der Waals surface area (Å²) in [6.07, 6.45) is 2.10. The number of nitrogen functional groups attached to an aromatic ring is 1. The van der Waals surface area contributed by atoms with Gasteiger partial charge in [-0.1, -0.05) is 41.7 Å². The van der Waals surface area contributed by atoms with Crippen LogP contribution in [0.25, 0.3) is 0 Å². The van der Waals surface area contributed by atoms with Crippen LogP contribution in [0.2, 0.25) is 15.1 Å². The van der Waals surface area contributed by atoms with Crippen LogP contribution >= 0.6 is 34.8 Å². The molecule has 0 atom stereocenters. The molecular weight excluding hydrogens is 321 g/mol. The third-order valence-corrected chi connectivity index (χ3v) is 3.73. The van der Waals surface area contributed by atoms with Gasteiger partial charge in [0, 0.05) is 5.56 Å². The van der Waals surface area contributed by atoms with Gasteiger partial charge in [0.1, 0.15) is 18.0 Å². The molecular formula is C12H12Cl3N5. The number of halogens is 3. The first-order valence-corrected chi connectivity index (χ1v) is 6.92. The molecule has 0 fully saturated rings. The molecule has 4 N–H and O–H groups in total. The van der Waals surface area contributed by atoms with Gasteiger partial charge < -0.3 is 10.7 Å². The zero-order valence-corrected chi connectivity index (χ0v) is 12.8. The second-order valence-corrected chi connectivity index (χ2v) is 5.14. The lowest BCUT2D eigenvalue weighted by Crippen LogP contribution is -2.13. The number of nitrogens with zero attached hydrogens (tertiary/aromatic N) is 2. The minimum atomic E-state index is 0.393. The molecule has 0 saturated carbocycles. The highest BCUT2D eigenvalue weighted by Gasteiger charge is 2.12. The molecule has 1 aromatic carbocycles. The van der Waals surface area contributed by atoms with Crippen molar-refractivity contribution in [2.24, 2.45) is 5.84 Å². The predicted molar refractivity (Wildman–Crippen MR) is 84.0 cm³/mol. The quantitative estimate of drug-likeness (QED) is 0.448.